The van der Waals surface area contributed by atoms with Crippen molar-refractivity contribution in [3.05, 3.63) is 45.2 Å². The number of halogens is 2. The molecule has 0 atom stereocenters. The summed E-state index contributed by atoms with van der Waals surface area (Å²) in [6.07, 6.45) is 4.76. The van der Waals surface area contributed by atoms with Crippen LogP contribution in [0.25, 0.3) is 11.0 Å². The third-order valence-electron chi connectivity index (χ3n) is 4.37. The SMILES string of the molecule is CNC(=O)COc1cc2cc(Nc3nc(Cl)ncc3Cl)cnc2n(C2CC2)c1=O. The number of aromatic nitrogens is 4. The van der Waals surface area contributed by atoms with Crippen LogP contribution < -0.4 is 20.9 Å². The van der Waals surface area contributed by atoms with Gasteiger partial charge in [0.1, 0.15) is 10.7 Å². The molecule has 150 valence electrons. The molecule has 4 rings (SSSR count). The molecule has 2 N–H and O–H groups in total. The number of pyridine rings is 2. The molecule has 0 saturated heterocycles. The first-order valence-electron chi connectivity index (χ1n) is 8.80. The number of nitrogens with one attached hydrogen (secondary N) is 2. The van der Waals surface area contributed by atoms with Gasteiger partial charge in [0.05, 0.1) is 18.1 Å². The Morgan fingerprint density at radius 2 is 2.07 bits per heavy atom. The molecular formula is C18H16Cl2N6O3. The summed E-state index contributed by atoms with van der Waals surface area (Å²) in [6.45, 7) is -0.248. The number of hydrogen-bond acceptors (Lipinski definition) is 7. The van der Waals surface area contributed by atoms with Crippen molar-refractivity contribution in [1.82, 2.24) is 24.8 Å². The maximum absolute atomic E-state index is 12.8. The maximum Gasteiger partial charge on any atom is 0.294 e. The molecule has 1 aliphatic carbocycles. The molecule has 9 nitrogen and oxygen atoms in total. The van der Waals surface area contributed by atoms with E-state index in [1.165, 1.54) is 13.2 Å². The quantitative estimate of drug-likeness (QED) is 0.573. The molecule has 0 aromatic carbocycles. The second-order valence-electron chi connectivity index (χ2n) is 6.47. The largest absolute Gasteiger partial charge is 0.478 e. The highest BCUT2D eigenvalue weighted by molar-refractivity contribution is 6.33. The zero-order valence-corrected chi connectivity index (χ0v) is 16.8. The minimum Gasteiger partial charge on any atom is -0.478 e. The van der Waals surface area contributed by atoms with Crippen LogP contribution in [0.5, 0.6) is 5.75 Å². The topological polar surface area (TPSA) is 111 Å². The van der Waals surface area contributed by atoms with Crippen LogP contribution in [-0.2, 0) is 4.79 Å². The molecule has 3 aromatic rings. The van der Waals surface area contributed by atoms with Gasteiger partial charge < -0.3 is 15.4 Å². The number of likely N-dealkylation sites (N-methyl/N-ethyl adjacent to an activating group) is 1. The Morgan fingerprint density at radius 1 is 1.28 bits per heavy atom. The molecule has 0 bridgehead atoms. The van der Waals surface area contributed by atoms with Gasteiger partial charge in [-0.1, -0.05) is 11.6 Å². The lowest BCUT2D eigenvalue weighted by atomic mass is 10.2. The summed E-state index contributed by atoms with van der Waals surface area (Å²) < 4.78 is 7.07. The van der Waals surface area contributed by atoms with Crippen molar-refractivity contribution in [3.63, 3.8) is 0 Å². The lowest BCUT2D eigenvalue weighted by Gasteiger charge is -2.13. The van der Waals surface area contributed by atoms with E-state index in [2.05, 4.69) is 25.6 Å². The number of carbonyl (C=O) groups excluding carboxylic acids is 1. The van der Waals surface area contributed by atoms with Crippen molar-refractivity contribution in [2.24, 2.45) is 0 Å². The van der Waals surface area contributed by atoms with Gasteiger partial charge >= 0.3 is 0 Å². The van der Waals surface area contributed by atoms with Crippen molar-refractivity contribution in [2.45, 2.75) is 18.9 Å². The second-order valence-corrected chi connectivity index (χ2v) is 7.22. The van der Waals surface area contributed by atoms with E-state index in [0.29, 0.717) is 27.6 Å². The average molecular weight is 435 g/mol. The number of fused-ring (bicyclic) bond motifs is 1. The van der Waals surface area contributed by atoms with Crippen LogP contribution in [-0.4, -0.2) is 39.1 Å². The fraction of sp³-hybridized carbons (Fsp3) is 0.278. The van der Waals surface area contributed by atoms with Gasteiger partial charge in [0.25, 0.3) is 11.5 Å². The van der Waals surface area contributed by atoms with E-state index < -0.39 is 0 Å². The molecule has 0 aliphatic heterocycles. The number of nitrogens with zero attached hydrogens (tertiary/aromatic N) is 4. The van der Waals surface area contributed by atoms with Crippen LogP contribution in [0.2, 0.25) is 10.3 Å². The highest BCUT2D eigenvalue weighted by atomic mass is 35.5. The smallest absolute Gasteiger partial charge is 0.294 e. The van der Waals surface area contributed by atoms with Gasteiger partial charge in [0.2, 0.25) is 5.28 Å². The van der Waals surface area contributed by atoms with Gasteiger partial charge in [-0.15, -0.1) is 0 Å². The van der Waals surface area contributed by atoms with Crippen molar-refractivity contribution in [2.75, 3.05) is 19.0 Å². The molecule has 1 saturated carbocycles. The van der Waals surface area contributed by atoms with Crippen LogP contribution >= 0.6 is 23.2 Å². The summed E-state index contributed by atoms with van der Waals surface area (Å²) in [6, 6.07) is 3.45. The molecule has 1 aliphatic rings. The molecule has 0 radical (unpaired) electrons. The minimum absolute atomic E-state index is 0.0538. The number of amides is 1. The zero-order valence-electron chi connectivity index (χ0n) is 15.3. The van der Waals surface area contributed by atoms with E-state index in [-0.39, 0.29) is 35.1 Å². The monoisotopic (exact) mass is 434 g/mol. The fourth-order valence-electron chi connectivity index (χ4n) is 2.83. The standard InChI is InChI=1S/C18H16Cl2N6O3/c1-21-14(27)8-29-13-5-9-4-10(24-15-12(19)7-23-18(20)25-15)6-22-16(9)26(17(13)28)11-2-3-11/h4-7,11H,2-3,8H2,1H3,(H,21,27)(H,23,24,25). The number of carbonyl (C=O) groups is 1. The second kappa shape index (κ2) is 7.84. The van der Waals surface area contributed by atoms with Crippen molar-refractivity contribution >= 4 is 51.6 Å². The maximum atomic E-state index is 12.8. The Kier molecular flexibility index (Phi) is 5.25. The molecule has 1 fully saturated rings. The summed E-state index contributed by atoms with van der Waals surface area (Å²) in [5.41, 5.74) is 0.831. The predicted molar refractivity (Wildman–Crippen MR) is 109 cm³/mol. The van der Waals surface area contributed by atoms with Crippen molar-refractivity contribution in [3.8, 4) is 5.75 Å². The fourth-order valence-corrected chi connectivity index (χ4v) is 3.10. The Labute approximate surface area is 175 Å². The summed E-state index contributed by atoms with van der Waals surface area (Å²) in [5, 5.41) is 6.52. The van der Waals surface area contributed by atoms with Gasteiger partial charge in [-0.25, -0.2) is 9.97 Å². The summed E-state index contributed by atoms with van der Waals surface area (Å²) >= 11 is 11.9. The van der Waals surface area contributed by atoms with Gasteiger partial charge in [-0.2, -0.15) is 4.98 Å². The van der Waals surface area contributed by atoms with E-state index >= 15 is 0 Å². The van der Waals surface area contributed by atoms with E-state index in [0.717, 1.165) is 12.8 Å². The lowest BCUT2D eigenvalue weighted by molar-refractivity contribution is -0.122. The van der Waals surface area contributed by atoms with E-state index in [1.807, 2.05) is 0 Å². The predicted octanol–water partition coefficient (Wildman–Crippen LogP) is 2.70. The Morgan fingerprint density at radius 3 is 2.79 bits per heavy atom. The van der Waals surface area contributed by atoms with Crippen LogP contribution in [0.1, 0.15) is 18.9 Å². The van der Waals surface area contributed by atoms with Gasteiger partial charge in [-0.3, -0.25) is 14.2 Å². The number of anilines is 2. The number of ether oxygens (including phenoxy) is 1. The molecular weight excluding hydrogens is 419 g/mol. The molecule has 0 unspecified atom stereocenters. The highest BCUT2D eigenvalue weighted by Gasteiger charge is 2.28. The zero-order chi connectivity index (χ0) is 20.5. The van der Waals surface area contributed by atoms with E-state index in [1.54, 1.807) is 22.9 Å². The molecule has 3 aromatic heterocycles. The van der Waals surface area contributed by atoms with Gasteiger partial charge in [0.15, 0.2) is 18.2 Å². The van der Waals surface area contributed by atoms with E-state index in [9.17, 15) is 9.59 Å². The molecule has 11 heteroatoms. The third kappa shape index (κ3) is 4.10. The average Bonchev–Trinajstić information content (AvgIpc) is 3.54. The Hall–Kier alpha value is -2.91. The van der Waals surface area contributed by atoms with Crippen molar-refractivity contribution < 1.29 is 9.53 Å². The first-order valence-corrected chi connectivity index (χ1v) is 9.55. The Bertz CT molecular complexity index is 1160. The van der Waals surface area contributed by atoms with Crippen LogP contribution in [0, 0.1) is 0 Å². The molecule has 0 spiro atoms. The normalized spacial score (nSPS) is 13.3. The van der Waals surface area contributed by atoms with Gasteiger partial charge in [0, 0.05) is 18.5 Å². The van der Waals surface area contributed by atoms with Crippen molar-refractivity contribution in [1.29, 1.82) is 0 Å². The molecule has 29 heavy (non-hydrogen) atoms. The first-order chi connectivity index (χ1) is 14.0. The number of rotatable bonds is 6. The van der Waals surface area contributed by atoms with Crippen LogP contribution in [0.3, 0.4) is 0 Å². The third-order valence-corrected chi connectivity index (χ3v) is 4.83. The number of hydrogen-bond donors (Lipinski definition) is 2. The molecule has 3 heterocycles. The molecule has 1 amide bonds. The summed E-state index contributed by atoms with van der Waals surface area (Å²) in [7, 11) is 1.50. The Balaban J connectivity index is 1.74. The van der Waals surface area contributed by atoms with E-state index in [4.69, 9.17) is 27.9 Å². The highest BCUT2D eigenvalue weighted by Crippen LogP contribution is 2.36. The lowest BCUT2D eigenvalue weighted by Crippen LogP contribution is -2.28. The van der Waals surface area contributed by atoms with Crippen LogP contribution in [0.4, 0.5) is 11.5 Å². The summed E-state index contributed by atoms with van der Waals surface area (Å²) in [4.78, 5) is 36.6. The van der Waals surface area contributed by atoms with Crippen LogP contribution in [0.15, 0.2) is 29.3 Å². The minimum atomic E-state index is -0.328. The summed E-state index contributed by atoms with van der Waals surface area (Å²) in [5.74, 6) is 0.0979. The first kappa shape index (κ1) is 19.4. The van der Waals surface area contributed by atoms with Gasteiger partial charge in [-0.05, 0) is 36.6 Å².